The lowest BCUT2D eigenvalue weighted by Gasteiger charge is -2.28. The van der Waals surface area contributed by atoms with E-state index in [4.69, 9.17) is 10.5 Å². The highest BCUT2D eigenvalue weighted by molar-refractivity contribution is 5.92. The Morgan fingerprint density at radius 2 is 1.97 bits per heavy atom. The first-order valence-corrected chi connectivity index (χ1v) is 10.4. The van der Waals surface area contributed by atoms with E-state index >= 15 is 0 Å². The number of nitrogens with zero attached hydrogens (tertiary/aromatic N) is 1. The molecule has 158 valence electrons. The van der Waals surface area contributed by atoms with Gasteiger partial charge in [-0.15, -0.1) is 0 Å². The summed E-state index contributed by atoms with van der Waals surface area (Å²) in [6.45, 7) is 2.41. The zero-order valence-corrected chi connectivity index (χ0v) is 17.4. The third kappa shape index (κ3) is 3.85. The van der Waals surface area contributed by atoms with Crippen LogP contribution < -0.4 is 21.5 Å². The number of imidazole rings is 1. The second kappa shape index (κ2) is 8.36. The molecule has 3 aromatic rings. The molecule has 2 aromatic carbocycles. The number of aryl methyl sites for hydroxylation is 1. The van der Waals surface area contributed by atoms with Crippen LogP contribution in [0.2, 0.25) is 0 Å². The second-order valence-electron chi connectivity index (χ2n) is 8.03. The van der Waals surface area contributed by atoms with Crippen molar-refractivity contribution in [2.24, 2.45) is 11.7 Å². The van der Waals surface area contributed by atoms with Crippen LogP contribution in [0.15, 0.2) is 41.2 Å². The van der Waals surface area contributed by atoms with Crippen molar-refractivity contribution in [2.75, 3.05) is 12.4 Å². The van der Waals surface area contributed by atoms with Crippen molar-refractivity contribution in [2.45, 2.75) is 45.2 Å². The molecule has 0 bridgehead atoms. The Morgan fingerprint density at radius 1 is 1.20 bits per heavy atom. The molecule has 1 saturated carbocycles. The van der Waals surface area contributed by atoms with E-state index < -0.39 is 0 Å². The maximum Gasteiger partial charge on any atom is 0.326 e. The molecule has 0 radical (unpaired) electrons. The highest BCUT2D eigenvalue weighted by Gasteiger charge is 2.29. The summed E-state index contributed by atoms with van der Waals surface area (Å²) >= 11 is 0. The third-order valence-electron chi connectivity index (χ3n) is 6.12. The first-order chi connectivity index (χ1) is 14.5. The number of hydrogen-bond donors (Lipinski definition) is 3. The predicted molar refractivity (Wildman–Crippen MR) is 118 cm³/mol. The van der Waals surface area contributed by atoms with Gasteiger partial charge in [-0.25, -0.2) is 4.79 Å². The quantitative estimate of drug-likeness (QED) is 0.601. The minimum atomic E-state index is -0.0983. The number of ether oxygens (including phenoxy) is 1. The van der Waals surface area contributed by atoms with Gasteiger partial charge in [0.05, 0.1) is 18.1 Å². The number of rotatable bonds is 5. The number of anilines is 1. The topological polar surface area (TPSA) is 102 Å². The van der Waals surface area contributed by atoms with E-state index in [0.717, 1.165) is 59.3 Å². The molecular formula is C23H28N4O3. The lowest BCUT2D eigenvalue weighted by molar-refractivity contribution is -0.121. The maximum absolute atomic E-state index is 12.8. The monoisotopic (exact) mass is 408 g/mol. The molecule has 0 aliphatic heterocycles. The van der Waals surface area contributed by atoms with Crippen LogP contribution in [0.5, 0.6) is 5.75 Å². The van der Waals surface area contributed by atoms with Gasteiger partial charge in [0.25, 0.3) is 0 Å². The van der Waals surface area contributed by atoms with Gasteiger partial charge in [0.2, 0.25) is 5.91 Å². The van der Waals surface area contributed by atoms with Gasteiger partial charge in [-0.05, 0) is 61.9 Å². The number of hydrogen-bond acceptors (Lipinski definition) is 4. The highest BCUT2D eigenvalue weighted by Crippen LogP contribution is 2.34. The number of aromatic amines is 1. The Bertz CT molecular complexity index is 1120. The van der Waals surface area contributed by atoms with E-state index in [1.165, 1.54) is 0 Å². The molecule has 1 aromatic heterocycles. The Kier molecular flexibility index (Phi) is 5.63. The van der Waals surface area contributed by atoms with Crippen LogP contribution in [0, 0.1) is 12.8 Å². The van der Waals surface area contributed by atoms with Gasteiger partial charge in [0, 0.05) is 30.3 Å². The largest absolute Gasteiger partial charge is 0.496 e. The molecule has 30 heavy (non-hydrogen) atoms. The second-order valence-corrected chi connectivity index (χ2v) is 8.03. The number of carbonyl (C=O) groups is 1. The summed E-state index contributed by atoms with van der Waals surface area (Å²) in [5, 5.41) is 3.01. The van der Waals surface area contributed by atoms with Crippen molar-refractivity contribution in [1.82, 2.24) is 9.55 Å². The number of carbonyl (C=O) groups excluding carboxylic acids is 1. The number of amides is 1. The van der Waals surface area contributed by atoms with Gasteiger partial charge in [-0.1, -0.05) is 12.1 Å². The van der Waals surface area contributed by atoms with Crippen molar-refractivity contribution in [3.8, 4) is 5.75 Å². The summed E-state index contributed by atoms with van der Waals surface area (Å²) in [4.78, 5) is 28.3. The molecule has 0 atom stereocenters. The first kappa shape index (κ1) is 20.2. The van der Waals surface area contributed by atoms with Crippen molar-refractivity contribution < 1.29 is 9.53 Å². The van der Waals surface area contributed by atoms with Crippen LogP contribution in [0.1, 0.15) is 42.9 Å². The summed E-state index contributed by atoms with van der Waals surface area (Å²) in [5.41, 5.74) is 10.1. The lowest BCUT2D eigenvalue weighted by atomic mass is 9.85. The van der Waals surface area contributed by atoms with E-state index in [9.17, 15) is 9.59 Å². The van der Waals surface area contributed by atoms with Gasteiger partial charge in [-0.2, -0.15) is 0 Å². The van der Waals surface area contributed by atoms with Gasteiger partial charge in [-0.3, -0.25) is 9.36 Å². The number of fused-ring (bicyclic) bond motifs is 1. The summed E-state index contributed by atoms with van der Waals surface area (Å²) in [5.74, 6) is 0.726. The van der Waals surface area contributed by atoms with E-state index in [1.54, 1.807) is 7.11 Å². The zero-order chi connectivity index (χ0) is 21.3. The van der Waals surface area contributed by atoms with Crippen molar-refractivity contribution in [3.63, 3.8) is 0 Å². The normalized spacial score (nSPS) is 19.0. The standard InChI is InChI=1S/C23H28N4O3/c1-14-3-7-17(12-21(14)30-2)25-22(28)16-5-8-18(9-6-16)27-20-10-4-15(13-24)11-19(20)26-23(27)29/h3-4,7,10-12,16,18H,5-6,8-9,13,24H2,1-2H3,(H,25,28)(H,26,29)/t16-,18+. The molecule has 0 spiro atoms. The molecule has 4 rings (SSSR count). The van der Waals surface area contributed by atoms with Crippen LogP contribution in [0.3, 0.4) is 0 Å². The summed E-state index contributed by atoms with van der Waals surface area (Å²) in [6, 6.07) is 11.6. The molecule has 0 saturated heterocycles. The zero-order valence-electron chi connectivity index (χ0n) is 17.4. The van der Waals surface area contributed by atoms with Gasteiger partial charge in [0.15, 0.2) is 0 Å². The molecular weight excluding hydrogens is 380 g/mol. The average molecular weight is 409 g/mol. The van der Waals surface area contributed by atoms with Crippen LogP contribution in [0.4, 0.5) is 5.69 Å². The van der Waals surface area contributed by atoms with Gasteiger partial charge in [0.1, 0.15) is 5.75 Å². The summed E-state index contributed by atoms with van der Waals surface area (Å²) in [6.07, 6.45) is 3.08. The van der Waals surface area contributed by atoms with Gasteiger partial charge < -0.3 is 20.8 Å². The van der Waals surface area contributed by atoms with Gasteiger partial charge >= 0.3 is 5.69 Å². The fourth-order valence-corrected chi connectivity index (χ4v) is 4.41. The molecule has 0 unspecified atom stereocenters. The molecule has 1 heterocycles. The Labute approximate surface area is 175 Å². The van der Waals surface area contributed by atoms with Crippen LogP contribution in [-0.4, -0.2) is 22.6 Å². The Hall–Kier alpha value is -3.06. The molecule has 1 aliphatic carbocycles. The van der Waals surface area contributed by atoms with E-state index in [-0.39, 0.29) is 23.6 Å². The minimum Gasteiger partial charge on any atom is -0.496 e. The van der Waals surface area contributed by atoms with Crippen molar-refractivity contribution >= 4 is 22.6 Å². The van der Waals surface area contributed by atoms with E-state index in [1.807, 2.05) is 47.9 Å². The highest BCUT2D eigenvalue weighted by atomic mass is 16.5. The first-order valence-electron chi connectivity index (χ1n) is 10.4. The average Bonchev–Trinajstić information content (AvgIpc) is 3.09. The smallest absolute Gasteiger partial charge is 0.326 e. The molecule has 7 nitrogen and oxygen atoms in total. The number of methoxy groups -OCH3 is 1. The van der Waals surface area contributed by atoms with Crippen molar-refractivity contribution in [1.29, 1.82) is 0 Å². The molecule has 7 heteroatoms. The van der Waals surface area contributed by atoms with Crippen LogP contribution in [-0.2, 0) is 11.3 Å². The fourth-order valence-electron chi connectivity index (χ4n) is 4.41. The molecule has 1 amide bonds. The molecule has 4 N–H and O–H groups in total. The number of aromatic nitrogens is 2. The Morgan fingerprint density at radius 3 is 2.67 bits per heavy atom. The van der Waals surface area contributed by atoms with E-state index in [0.29, 0.717) is 6.54 Å². The number of nitrogens with two attached hydrogens (primary N) is 1. The SMILES string of the molecule is COc1cc(NC(=O)[C@H]2CC[C@@H](n3c(=O)[nH]c4cc(CN)ccc43)CC2)ccc1C. The van der Waals surface area contributed by atoms with Crippen LogP contribution in [0.25, 0.3) is 11.0 Å². The minimum absolute atomic E-state index is 0.0261. The lowest BCUT2D eigenvalue weighted by Crippen LogP contribution is -2.31. The molecule has 1 fully saturated rings. The number of H-pyrrole nitrogens is 1. The Balaban J connectivity index is 1.44. The van der Waals surface area contributed by atoms with E-state index in [2.05, 4.69) is 10.3 Å². The fraction of sp³-hybridized carbons (Fsp3) is 0.391. The summed E-state index contributed by atoms with van der Waals surface area (Å²) in [7, 11) is 1.62. The van der Waals surface area contributed by atoms with Crippen LogP contribution >= 0.6 is 0 Å². The maximum atomic E-state index is 12.8. The number of nitrogens with one attached hydrogen (secondary N) is 2. The molecule has 1 aliphatic rings. The predicted octanol–water partition coefficient (Wildman–Crippen LogP) is 3.48. The van der Waals surface area contributed by atoms with Crippen molar-refractivity contribution in [3.05, 3.63) is 58.0 Å². The third-order valence-corrected chi connectivity index (χ3v) is 6.12. The summed E-state index contributed by atoms with van der Waals surface area (Å²) < 4.78 is 7.18. The number of benzene rings is 2.